The van der Waals surface area contributed by atoms with E-state index >= 15 is 0 Å². The summed E-state index contributed by atoms with van der Waals surface area (Å²) in [4.78, 5) is 10.5. The standard InChI is InChI=1S/C10H8ClFO2/c11-4-1-5-14-10-3-2-9(12)6-8(10)7-13/h1-4,6-7H,5H2/b4-1+. The summed E-state index contributed by atoms with van der Waals surface area (Å²) >= 11 is 5.28. The zero-order chi connectivity index (χ0) is 10.4. The van der Waals surface area contributed by atoms with Crippen molar-refractivity contribution in [2.45, 2.75) is 0 Å². The molecule has 0 spiro atoms. The van der Waals surface area contributed by atoms with Gasteiger partial charge in [0, 0.05) is 5.54 Å². The van der Waals surface area contributed by atoms with Gasteiger partial charge >= 0.3 is 0 Å². The first-order valence-corrected chi connectivity index (χ1v) is 4.34. The first kappa shape index (κ1) is 10.7. The maximum Gasteiger partial charge on any atom is 0.153 e. The molecule has 0 aliphatic heterocycles. The van der Waals surface area contributed by atoms with E-state index in [1.807, 2.05) is 0 Å². The maximum absolute atomic E-state index is 12.7. The van der Waals surface area contributed by atoms with Gasteiger partial charge in [0.05, 0.1) is 5.56 Å². The van der Waals surface area contributed by atoms with E-state index in [9.17, 15) is 9.18 Å². The van der Waals surface area contributed by atoms with Gasteiger partial charge in [-0.05, 0) is 24.3 Å². The molecule has 0 radical (unpaired) electrons. The molecule has 0 N–H and O–H groups in total. The molecule has 1 aromatic rings. The number of halogens is 2. The van der Waals surface area contributed by atoms with Crippen molar-refractivity contribution in [1.29, 1.82) is 0 Å². The molecule has 1 aromatic carbocycles. The van der Waals surface area contributed by atoms with Gasteiger partial charge in [0.15, 0.2) is 6.29 Å². The molecule has 0 aliphatic carbocycles. The van der Waals surface area contributed by atoms with Gasteiger partial charge in [0.2, 0.25) is 0 Å². The fourth-order valence-electron chi connectivity index (χ4n) is 0.917. The van der Waals surface area contributed by atoms with Crippen LogP contribution >= 0.6 is 11.6 Å². The summed E-state index contributed by atoms with van der Waals surface area (Å²) < 4.78 is 17.8. The average Bonchev–Trinajstić information content (AvgIpc) is 2.20. The number of carbonyl (C=O) groups excluding carboxylic acids is 1. The maximum atomic E-state index is 12.7. The summed E-state index contributed by atoms with van der Waals surface area (Å²) in [6.07, 6.45) is 2.11. The molecule has 74 valence electrons. The predicted octanol–water partition coefficient (Wildman–Crippen LogP) is 2.77. The van der Waals surface area contributed by atoms with Crippen molar-refractivity contribution in [2.24, 2.45) is 0 Å². The molecule has 0 aliphatic rings. The fraction of sp³-hybridized carbons (Fsp3) is 0.100. The second-order valence-corrected chi connectivity index (χ2v) is 2.72. The van der Waals surface area contributed by atoms with Gasteiger partial charge in [-0.15, -0.1) is 0 Å². The van der Waals surface area contributed by atoms with Crippen LogP contribution in [0.3, 0.4) is 0 Å². The zero-order valence-corrected chi connectivity index (χ0v) is 8.00. The molecule has 14 heavy (non-hydrogen) atoms. The number of benzene rings is 1. The van der Waals surface area contributed by atoms with Gasteiger partial charge < -0.3 is 4.74 Å². The molecule has 0 bridgehead atoms. The quantitative estimate of drug-likeness (QED) is 0.721. The second kappa shape index (κ2) is 5.40. The third-order valence-electron chi connectivity index (χ3n) is 1.52. The highest BCUT2D eigenvalue weighted by atomic mass is 35.5. The van der Waals surface area contributed by atoms with Gasteiger partial charge in [0.25, 0.3) is 0 Å². The highest BCUT2D eigenvalue weighted by Crippen LogP contribution is 2.17. The molecule has 0 aromatic heterocycles. The van der Waals surface area contributed by atoms with Crippen molar-refractivity contribution in [1.82, 2.24) is 0 Å². The Morgan fingerprint density at radius 1 is 1.50 bits per heavy atom. The third kappa shape index (κ3) is 2.85. The van der Waals surface area contributed by atoms with Gasteiger partial charge in [0.1, 0.15) is 18.2 Å². The van der Waals surface area contributed by atoms with Crippen LogP contribution in [0.4, 0.5) is 4.39 Å². The lowest BCUT2D eigenvalue weighted by atomic mass is 10.2. The Morgan fingerprint density at radius 3 is 2.93 bits per heavy atom. The van der Waals surface area contributed by atoms with Crippen molar-refractivity contribution in [2.75, 3.05) is 6.61 Å². The average molecular weight is 215 g/mol. The normalized spacial score (nSPS) is 10.4. The van der Waals surface area contributed by atoms with Crippen LogP contribution in [0, 0.1) is 5.82 Å². The van der Waals surface area contributed by atoms with Crippen LogP contribution < -0.4 is 4.74 Å². The van der Waals surface area contributed by atoms with Crippen LogP contribution in [0.25, 0.3) is 0 Å². The molecule has 2 nitrogen and oxygen atoms in total. The van der Waals surface area contributed by atoms with Crippen LogP contribution in [0.1, 0.15) is 10.4 Å². The van der Waals surface area contributed by atoms with E-state index in [1.54, 1.807) is 6.08 Å². The van der Waals surface area contributed by atoms with Crippen molar-refractivity contribution in [3.8, 4) is 5.75 Å². The van der Waals surface area contributed by atoms with E-state index < -0.39 is 5.82 Å². The SMILES string of the molecule is O=Cc1cc(F)ccc1OC/C=C/Cl. The Balaban J connectivity index is 2.80. The zero-order valence-electron chi connectivity index (χ0n) is 7.24. The molecule has 0 saturated heterocycles. The summed E-state index contributed by atoms with van der Waals surface area (Å²) in [6, 6.07) is 3.75. The summed E-state index contributed by atoms with van der Waals surface area (Å²) in [5.74, 6) is -0.122. The summed E-state index contributed by atoms with van der Waals surface area (Å²) in [6.45, 7) is 0.246. The van der Waals surface area contributed by atoms with Crippen LogP contribution in [0.5, 0.6) is 5.75 Å². The monoisotopic (exact) mass is 214 g/mol. The summed E-state index contributed by atoms with van der Waals surface area (Å²) in [5, 5.41) is 0. The summed E-state index contributed by atoms with van der Waals surface area (Å²) in [5.41, 5.74) is 1.50. The predicted molar refractivity (Wildman–Crippen MR) is 52.3 cm³/mol. The lowest BCUT2D eigenvalue weighted by Gasteiger charge is -2.05. The second-order valence-electron chi connectivity index (χ2n) is 2.47. The Kier molecular flexibility index (Phi) is 4.13. The first-order chi connectivity index (χ1) is 6.77. The molecule has 4 heteroatoms. The highest BCUT2D eigenvalue weighted by molar-refractivity contribution is 6.25. The number of aldehydes is 1. The molecule has 0 unspecified atom stereocenters. The van der Waals surface area contributed by atoms with Crippen molar-refractivity contribution in [3.05, 3.63) is 41.2 Å². The molecule has 0 atom stereocenters. The number of rotatable bonds is 4. The lowest BCUT2D eigenvalue weighted by Crippen LogP contribution is -1.97. The van der Waals surface area contributed by atoms with Crippen LogP contribution in [-0.4, -0.2) is 12.9 Å². The van der Waals surface area contributed by atoms with E-state index in [0.717, 1.165) is 6.07 Å². The molecule has 0 saturated carbocycles. The van der Waals surface area contributed by atoms with E-state index in [2.05, 4.69) is 0 Å². The topological polar surface area (TPSA) is 26.3 Å². The Bertz CT molecular complexity index is 350. The van der Waals surface area contributed by atoms with E-state index in [1.165, 1.54) is 17.7 Å². The molecule has 1 rings (SSSR count). The number of ether oxygens (including phenoxy) is 1. The summed E-state index contributed by atoms with van der Waals surface area (Å²) in [7, 11) is 0. The lowest BCUT2D eigenvalue weighted by molar-refractivity contribution is 0.111. The minimum atomic E-state index is -0.465. The number of hydrogen-bond acceptors (Lipinski definition) is 2. The minimum absolute atomic E-state index is 0.188. The molecule has 0 heterocycles. The first-order valence-electron chi connectivity index (χ1n) is 3.90. The largest absolute Gasteiger partial charge is 0.489 e. The fourth-order valence-corrected chi connectivity index (χ4v) is 0.990. The van der Waals surface area contributed by atoms with Crippen molar-refractivity contribution < 1.29 is 13.9 Å². The highest BCUT2D eigenvalue weighted by Gasteiger charge is 2.03. The van der Waals surface area contributed by atoms with Crippen molar-refractivity contribution >= 4 is 17.9 Å². The van der Waals surface area contributed by atoms with E-state index in [0.29, 0.717) is 12.0 Å². The van der Waals surface area contributed by atoms with E-state index in [4.69, 9.17) is 16.3 Å². The van der Waals surface area contributed by atoms with Gasteiger partial charge in [-0.2, -0.15) is 0 Å². The van der Waals surface area contributed by atoms with Crippen molar-refractivity contribution in [3.63, 3.8) is 0 Å². The molecular weight excluding hydrogens is 207 g/mol. The Hall–Kier alpha value is -1.35. The van der Waals surface area contributed by atoms with E-state index in [-0.39, 0.29) is 12.2 Å². The van der Waals surface area contributed by atoms with Crippen LogP contribution in [-0.2, 0) is 0 Å². The van der Waals surface area contributed by atoms with Gasteiger partial charge in [-0.25, -0.2) is 4.39 Å². The molecular formula is C10H8ClFO2. The van der Waals surface area contributed by atoms with Crippen LogP contribution in [0.2, 0.25) is 0 Å². The van der Waals surface area contributed by atoms with Gasteiger partial charge in [-0.1, -0.05) is 11.6 Å². The van der Waals surface area contributed by atoms with Crippen LogP contribution in [0.15, 0.2) is 29.8 Å². The third-order valence-corrected chi connectivity index (χ3v) is 1.70. The minimum Gasteiger partial charge on any atom is -0.489 e. The Labute approximate surface area is 85.9 Å². The number of carbonyl (C=O) groups is 1. The van der Waals surface area contributed by atoms with Gasteiger partial charge in [-0.3, -0.25) is 4.79 Å². The molecule has 0 amide bonds. The smallest absolute Gasteiger partial charge is 0.153 e. The number of hydrogen-bond donors (Lipinski definition) is 0. The Morgan fingerprint density at radius 2 is 2.29 bits per heavy atom. The molecule has 0 fully saturated rings.